The van der Waals surface area contributed by atoms with E-state index < -0.39 is 0 Å². The second kappa shape index (κ2) is 7.53. The predicted octanol–water partition coefficient (Wildman–Crippen LogP) is 3.39. The van der Waals surface area contributed by atoms with Crippen LogP contribution in [-0.2, 0) is 6.54 Å². The average Bonchev–Trinajstić information content (AvgIpc) is 3.37. The molecule has 0 atom stereocenters. The van der Waals surface area contributed by atoms with Gasteiger partial charge in [-0.25, -0.2) is 9.97 Å². The summed E-state index contributed by atoms with van der Waals surface area (Å²) in [5, 5.41) is 4.31. The summed E-state index contributed by atoms with van der Waals surface area (Å²) in [7, 11) is 3.27. The fraction of sp³-hybridized carbons (Fsp3) is 0.158. The number of benzene rings is 1. The number of aromatic nitrogens is 3. The quantitative estimate of drug-likeness (QED) is 0.543. The smallest absolute Gasteiger partial charge is 0.273 e. The molecule has 3 heterocycles. The van der Waals surface area contributed by atoms with Gasteiger partial charge in [0, 0.05) is 18.0 Å². The average molecular weight is 412 g/mol. The van der Waals surface area contributed by atoms with Crippen molar-refractivity contribution in [3.63, 3.8) is 0 Å². The third kappa shape index (κ3) is 3.54. The van der Waals surface area contributed by atoms with Crippen LogP contribution in [0.3, 0.4) is 0 Å². The first-order valence-corrected chi connectivity index (χ1v) is 10.1. The van der Waals surface area contributed by atoms with Crippen LogP contribution in [0.2, 0.25) is 0 Å². The highest BCUT2D eigenvalue weighted by Gasteiger charge is 2.18. The van der Waals surface area contributed by atoms with Gasteiger partial charge in [-0.15, -0.1) is 22.7 Å². The van der Waals surface area contributed by atoms with Crippen LogP contribution in [0.15, 0.2) is 45.9 Å². The molecule has 0 spiro atoms. The summed E-state index contributed by atoms with van der Waals surface area (Å²) in [6.45, 7) is 0.190. The van der Waals surface area contributed by atoms with E-state index in [2.05, 4.69) is 15.0 Å². The van der Waals surface area contributed by atoms with Gasteiger partial charge < -0.3 is 14.6 Å². The Balaban J connectivity index is 1.51. The third-order valence-corrected chi connectivity index (χ3v) is 5.95. The van der Waals surface area contributed by atoms with E-state index in [-0.39, 0.29) is 18.0 Å². The topological polar surface area (TPSA) is 88.2 Å². The molecule has 1 amide bonds. The number of aromatic amines is 1. The Morgan fingerprint density at radius 3 is 2.71 bits per heavy atom. The molecular formula is C19H16N4O3S2. The highest BCUT2D eigenvalue weighted by atomic mass is 32.1. The summed E-state index contributed by atoms with van der Waals surface area (Å²) >= 11 is 2.75. The minimum Gasteiger partial charge on any atom is -0.497 e. The minimum atomic E-state index is -0.232. The number of rotatable bonds is 5. The first-order valence-electron chi connectivity index (χ1n) is 8.37. The van der Waals surface area contributed by atoms with Crippen LogP contribution in [0.4, 0.5) is 0 Å². The zero-order valence-corrected chi connectivity index (χ0v) is 16.8. The van der Waals surface area contributed by atoms with Gasteiger partial charge in [0.15, 0.2) is 0 Å². The lowest BCUT2D eigenvalue weighted by molar-refractivity contribution is 0.0776. The molecular weight excluding hydrogens is 396 g/mol. The molecule has 0 unspecified atom stereocenters. The van der Waals surface area contributed by atoms with Crippen molar-refractivity contribution < 1.29 is 9.53 Å². The highest BCUT2D eigenvalue weighted by molar-refractivity contribution is 7.17. The summed E-state index contributed by atoms with van der Waals surface area (Å²) in [6, 6.07) is 9.31. The van der Waals surface area contributed by atoms with E-state index in [0.29, 0.717) is 21.7 Å². The molecule has 4 rings (SSSR count). The van der Waals surface area contributed by atoms with E-state index in [1.807, 2.05) is 29.6 Å². The number of carbonyl (C=O) groups excluding carboxylic acids is 1. The molecule has 0 aliphatic rings. The second-order valence-corrected chi connectivity index (χ2v) is 7.85. The molecule has 7 nitrogen and oxygen atoms in total. The van der Waals surface area contributed by atoms with Crippen molar-refractivity contribution in [2.24, 2.45) is 0 Å². The molecule has 28 heavy (non-hydrogen) atoms. The van der Waals surface area contributed by atoms with E-state index in [1.54, 1.807) is 25.6 Å². The first-order chi connectivity index (χ1) is 13.5. The Morgan fingerprint density at radius 2 is 1.96 bits per heavy atom. The lowest BCUT2D eigenvalue weighted by Gasteiger charge is -2.15. The summed E-state index contributed by atoms with van der Waals surface area (Å²) in [5.41, 5.74) is 1.73. The van der Waals surface area contributed by atoms with E-state index in [4.69, 9.17) is 4.74 Å². The number of nitrogens with one attached hydrogen (secondary N) is 1. The molecule has 1 aromatic carbocycles. The molecule has 142 valence electrons. The molecule has 0 bridgehead atoms. The Kier molecular flexibility index (Phi) is 4.93. The number of H-pyrrole nitrogens is 1. The molecule has 0 aliphatic heterocycles. The Labute approximate surface area is 168 Å². The van der Waals surface area contributed by atoms with E-state index in [0.717, 1.165) is 16.3 Å². The number of hydrogen-bond acceptors (Lipinski definition) is 7. The largest absolute Gasteiger partial charge is 0.497 e. The zero-order chi connectivity index (χ0) is 19.7. The molecule has 0 saturated carbocycles. The molecule has 0 fully saturated rings. The van der Waals surface area contributed by atoms with Crippen molar-refractivity contribution in [3.05, 3.63) is 63.0 Å². The number of carbonyl (C=O) groups is 1. The SMILES string of the molecule is COc1ccc(-c2nc(C(=O)N(C)Cc3nc4ccsc4c(=O)[nH]3)cs2)cc1. The van der Waals surface area contributed by atoms with Gasteiger partial charge in [0.25, 0.3) is 11.5 Å². The van der Waals surface area contributed by atoms with Gasteiger partial charge in [-0.2, -0.15) is 0 Å². The highest BCUT2D eigenvalue weighted by Crippen LogP contribution is 2.26. The summed E-state index contributed by atoms with van der Waals surface area (Å²) in [4.78, 5) is 37.9. The van der Waals surface area contributed by atoms with Crippen LogP contribution < -0.4 is 10.3 Å². The van der Waals surface area contributed by atoms with E-state index in [1.165, 1.54) is 27.6 Å². The lowest BCUT2D eigenvalue weighted by atomic mass is 10.2. The van der Waals surface area contributed by atoms with Crippen molar-refractivity contribution >= 4 is 38.8 Å². The van der Waals surface area contributed by atoms with Crippen molar-refractivity contribution in [2.45, 2.75) is 6.54 Å². The van der Waals surface area contributed by atoms with Gasteiger partial charge in [0.2, 0.25) is 0 Å². The normalized spacial score (nSPS) is 10.9. The van der Waals surface area contributed by atoms with Crippen LogP contribution in [0, 0.1) is 0 Å². The van der Waals surface area contributed by atoms with Gasteiger partial charge in [-0.3, -0.25) is 9.59 Å². The Morgan fingerprint density at radius 1 is 1.18 bits per heavy atom. The van der Waals surface area contributed by atoms with Crippen LogP contribution in [0.5, 0.6) is 5.75 Å². The van der Waals surface area contributed by atoms with Crippen LogP contribution in [0.25, 0.3) is 20.8 Å². The maximum absolute atomic E-state index is 12.7. The van der Waals surface area contributed by atoms with Gasteiger partial charge in [0.05, 0.1) is 19.2 Å². The summed E-state index contributed by atoms with van der Waals surface area (Å²) < 4.78 is 5.74. The van der Waals surface area contributed by atoms with Crippen molar-refractivity contribution in [1.82, 2.24) is 19.9 Å². The summed E-state index contributed by atoms with van der Waals surface area (Å²) in [6.07, 6.45) is 0. The second-order valence-electron chi connectivity index (χ2n) is 6.08. The molecule has 0 saturated heterocycles. The monoisotopic (exact) mass is 412 g/mol. The first kappa shape index (κ1) is 18.3. The molecule has 9 heteroatoms. The molecule has 0 aliphatic carbocycles. The maximum Gasteiger partial charge on any atom is 0.273 e. The van der Waals surface area contributed by atoms with Crippen LogP contribution >= 0.6 is 22.7 Å². The van der Waals surface area contributed by atoms with Crippen molar-refractivity contribution in [3.8, 4) is 16.3 Å². The Bertz CT molecular complexity index is 1190. The number of methoxy groups -OCH3 is 1. The molecule has 4 aromatic rings. The lowest BCUT2D eigenvalue weighted by Crippen LogP contribution is -2.28. The Hall–Kier alpha value is -3.04. The fourth-order valence-electron chi connectivity index (χ4n) is 2.73. The van der Waals surface area contributed by atoms with Gasteiger partial charge in [0.1, 0.15) is 27.0 Å². The zero-order valence-electron chi connectivity index (χ0n) is 15.1. The van der Waals surface area contributed by atoms with Crippen LogP contribution in [0.1, 0.15) is 16.3 Å². The minimum absolute atomic E-state index is 0.189. The standard InChI is InChI=1S/C19H16N4O3S2/c1-23(9-15-20-13-7-8-27-16(13)17(24)22-15)19(25)14-10-28-18(21-14)11-3-5-12(26-2)6-4-11/h3-8,10H,9H2,1-2H3,(H,20,22,24). The number of ether oxygens (including phenoxy) is 1. The number of thiophene rings is 1. The molecule has 0 radical (unpaired) electrons. The number of fused-ring (bicyclic) bond motifs is 1. The van der Waals surface area contributed by atoms with Crippen LogP contribution in [-0.4, -0.2) is 39.9 Å². The van der Waals surface area contributed by atoms with Gasteiger partial charge in [-0.05, 0) is 35.7 Å². The van der Waals surface area contributed by atoms with Gasteiger partial charge in [-0.1, -0.05) is 0 Å². The van der Waals surface area contributed by atoms with Crippen molar-refractivity contribution in [1.29, 1.82) is 0 Å². The summed E-state index contributed by atoms with van der Waals surface area (Å²) in [5.74, 6) is 0.974. The number of thiazole rings is 1. The maximum atomic E-state index is 12.7. The third-order valence-electron chi connectivity index (χ3n) is 4.16. The fourth-order valence-corrected chi connectivity index (χ4v) is 4.25. The molecule has 3 aromatic heterocycles. The van der Waals surface area contributed by atoms with Crippen molar-refractivity contribution in [2.75, 3.05) is 14.2 Å². The van der Waals surface area contributed by atoms with Gasteiger partial charge >= 0.3 is 0 Å². The van der Waals surface area contributed by atoms with E-state index in [9.17, 15) is 9.59 Å². The predicted molar refractivity (Wildman–Crippen MR) is 110 cm³/mol. The van der Waals surface area contributed by atoms with E-state index >= 15 is 0 Å². The number of nitrogens with zero attached hydrogens (tertiary/aromatic N) is 3. The number of amides is 1. The number of hydrogen-bond donors (Lipinski definition) is 1. The molecule has 1 N–H and O–H groups in total.